The Balaban J connectivity index is 1.88. The van der Waals surface area contributed by atoms with Crippen molar-refractivity contribution in [2.45, 2.75) is 13.0 Å². The van der Waals surface area contributed by atoms with Crippen LogP contribution in [0.1, 0.15) is 16.8 Å². The van der Waals surface area contributed by atoms with Crippen molar-refractivity contribution >= 4 is 29.0 Å². The van der Waals surface area contributed by atoms with Crippen molar-refractivity contribution in [3.8, 4) is 0 Å². The number of carbonyl (C=O) groups is 1. The second-order valence-corrected chi connectivity index (χ2v) is 5.30. The molecule has 0 unspecified atom stereocenters. The molecule has 0 fully saturated rings. The molecule has 3 aromatic rings. The first-order valence-electron chi connectivity index (χ1n) is 7.38. The molecule has 0 atom stereocenters. The SMILES string of the molecule is CNc1cc2nc3c(cnn13)C(=O)NCCCn1cnc(c1)N2. The van der Waals surface area contributed by atoms with Crippen LogP contribution >= 0.6 is 0 Å². The zero-order chi connectivity index (χ0) is 15.8. The Morgan fingerprint density at radius 3 is 3.13 bits per heavy atom. The summed E-state index contributed by atoms with van der Waals surface area (Å²) in [4.78, 5) is 21.2. The fourth-order valence-corrected chi connectivity index (χ4v) is 2.60. The van der Waals surface area contributed by atoms with Crippen molar-refractivity contribution in [3.05, 3.63) is 30.4 Å². The molecule has 0 spiro atoms. The Bertz CT molecular complexity index is 880. The van der Waals surface area contributed by atoms with Crippen LogP contribution in [-0.4, -0.2) is 43.6 Å². The van der Waals surface area contributed by atoms with Crippen LogP contribution in [0.4, 0.5) is 17.5 Å². The molecule has 1 aliphatic rings. The van der Waals surface area contributed by atoms with Crippen LogP contribution in [0, 0.1) is 0 Å². The number of amides is 1. The molecule has 0 saturated carbocycles. The first-order chi connectivity index (χ1) is 11.2. The second kappa shape index (κ2) is 5.27. The van der Waals surface area contributed by atoms with Gasteiger partial charge in [-0.3, -0.25) is 4.79 Å². The van der Waals surface area contributed by atoms with Gasteiger partial charge in [0.25, 0.3) is 5.91 Å². The summed E-state index contributed by atoms with van der Waals surface area (Å²) in [5.41, 5.74) is 0.947. The van der Waals surface area contributed by atoms with Gasteiger partial charge in [-0.2, -0.15) is 9.61 Å². The molecule has 0 saturated heterocycles. The van der Waals surface area contributed by atoms with Crippen LogP contribution in [0.25, 0.3) is 5.65 Å². The molecular formula is C14H16N8O. The van der Waals surface area contributed by atoms with E-state index in [1.807, 2.05) is 16.8 Å². The van der Waals surface area contributed by atoms with Gasteiger partial charge >= 0.3 is 0 Å². The molecular weight excluding hydrogens is 296 g/mol. The molecule has 0 radical (unpaired) electrons. The molecule has 0 aromatic carbocycles. The average Bonchev–Trinajstić information content (AvgIpc) is 3.17. The Morgan fingerprint density at radius 2 is 2.26 bits per heavy atom. The third-order valence-corrected chi connectivity index (χ3v) is 3.74. The Labute approximate surface area is 131 Å². The number of hydrogen-bond acceptors (Lipinski definition) is 6. The molecule has 4 bridgehead atoms. The molecule has 4 heterocycles. The van der Waals surface area contributed by atoms with Crippen LogP contribution < -0.4 is 16.0 Å². The monoisotopic (exact) mass is 312 g/mol. The summed E-state index contributed by atoms with van der Waals surface area (Å²) in [6.07, 6.45) is 6.04. The smallest absolute Gasteiger partial charge is 0.256 e. The van der Waals surface area contributed by atoms with Crippen LogP contribution in [0.15, 0.2) is 24.8 Å². The van der Waals surface area contributed by atoms with Crippen LogP contribution in [-0.2, 0) is 6.54 Å². The average molecular weight is 312 g/mol. The molecule has 23 heavy (non-hydrogen) atoms. The number of rotatable bonds is 1. The summed E-state index contributed by atoms with van der Waals surface area (Å²) in [6, 6.07) is 1.82. The third kappa shape index (κ3) is 2.35. The second-order valence-electron chi connectivity index (χ2n) is 5.30. The summed E-state index contributed by atoms with van der Waals surface area (Å²) in [6.45, 7) is 1.36. The minimum absolute atomic E-state index is 0.170. The summed E-state index contributed by atoms with van der Waals surface area (Å²) >= 11 is 0. The minimum Gasteiger partial charge on any atom is -0.373 e. The number of aryl methyl sites for hydroxylation is 1. The molecule has 3 aromatic heterocycles. The molecule has 3 N–H and O–H groups in total. The number of nitrogens with one attached hydrogen (secondary N) is 3. The summed E-state index contributed by atoms with van der Waals surface area (Å²) in [5.74, 6) is 1.87. The van der Waals surface area contributed by atoms with Crippen LogP contribution in [0.3, 0.4) is 0 Å². The van der Waals surface area contributed by atoms with Crippen molar-refractivity contribution < 1.29 is 4.79 Å². The Hall–Kier alpha value is -3.10. The number of aromatic nitrogens is 5. The number of anilines is 3. The van der Waals surface area contributed by atoms with E-state index in [4.69, 9.17) is 0 Å². The maximum atomic E-state index is 12.4. The van der Waals surface area contributed by atoms with E-state index in [9.17, 15) is 4.79 Å². The predicted molar refractivity (Wildman–Crippen MR) is 85.0 cm³/mol. The number of nitrogens with zero attached hydrogens (tertiary/aromatic N) is 5. The van der Waals surface area contributed by atoms with Crippen molar-refractivity contribution in [2.24, 2.45) is 0 Å². The lowest BCUT2D eigenvalue weighted by atomic mass is 10.3. The number of fused-ring (bicyclic) bond motifs is 3. The standard InChI is InChI=1S/C14H16N8O/c1-15-12-5-10-19-11-7-21(8-17-11)4-2-3-16-14(23)9-6-18-22(12)13(9)20-10/h5-8,15H,2-4H2,1H3,(H,16,23)(H,19,20). The zero-order valence-electron chi connectivity index (χ0n) is 12.6. The van der Waals surface area contributed by atoms with Gasteiger partial charge in [0.2, 0.25) is 0 Å². The number of imidazole rings is 1. The zero-order valence-corrected chi connectivity index (χ0v) is 12.6. The van der Waals surface area contributed by atoms with E-state index < -0.39 is 0 Å². The molecule has 0 aliphatic carbocycles. The maximum Gasteiger partial charge on any atom is 0.256 e. The topological polar surface area (TPSA) is 101 Å². The van der Waals surface area contributed by atoms with Crippen molar-refractivity contribution in [3.63, 3.8) is 0 Å². The van der Waals surface area contributed by atoms with E-state index in [-0.39, 0.29) is 5.91 Å². The molecule has 118 valence electrons. The van der Waals surface area contributed by atoms with Gasteiger partial charge < -0.3 is 20.5 Å². The quantitative estimate of drug-likeness (QED) is 0.616. The van der Waals surface area contributed by atoms with Crippen LogP contribution in [0.2, 0.25) is 0 Å². The lowest BCUT2D eigenvalue weighted by Crippen LogP contribution is -2.25. The predicted octanol–water partition coefficient (Wildman–Crippen LogP) is 0.845. The van der Waals surface area contributed by atoms with Gasteiger partial charge in [0, 0.05) is 32.4 Å². The van der Waals surface area contributed by atoms with E-state index in [2.05, 4.69) is 31.0 Å². The first kappa shape index (κ1) is 13.6. The first-order valence-corrected chi connectivity index (χ1v) is 7.38. The fraction of sp³-hybridized carbons (Fsp3) is 0.286. The Kier molecular flexibility index (Phi) is 3.11. The maximum absolute atomic E-state index is 12.4. The van der Waals surface area contributed by atoms with Gasteiger partial charge in [-0.05, 0) is 6.42 Å². The van der Waals surface area contributed by atoms with Crippen molar-refractivity contribution in [1.82, 2.24) is 29.5 Å². The van der Waals surface area contributed by atoms with E-state index in [1.165, 1.54) is 6.20 Å². The summed E-state index contributed by atoms with van der Waals surface area (Å²) in [5, 5.41) is 13.4. The van der Waals surface area contributed by atoms with E-state index in [0.29, 0.717) is 29.4 Å². The fourth-order valence-electron chi connectivity index (χ4n) is 2.60. The molecule has 9 heteroatoms. The highest BCUT2D eigenvalue weighted by molar-refractivity contribution is 6.00. The van der Waals surface area contributed by atoms with Crippen molar-refractivity contribution in [1.29, 1.82) is 0 Å². The highest BCUT2D eigenvalue weighted by Gasteiger charge is 2.17. The molecule has 9 nitrogen and oxygen atoms in total. The van der Waals surface area contributed by atoms with Gasteiger partial charge in [-0.25, -0.2) is 9.97 Å². The third-order valence-electron chi connectivity index (χ3n) is 3.74. The summed E-state index contributed by atoms with van der Waals surface area (Å²) in [7, 11) is 1.79. The highest BCUT2D eigenvalue weighted by Crippen LogP contribution is 2.21. The minimum atomic E-state index is -0.170. The summed E-state index contributed by atoms with van der Waals surface area (Å²) < 4.78 is 3.59. The Morgan fingerprint density at radius 1 is 1.35 bits per heavy atom. The normalized spacial score (nSPS) is 14.6. The van der Waals surface area contributed by atoms with E-state index >= 15 is 0 Å². The van der Waals surface area contributed by atoms with Gasteiger partial charge in [0.05, 0.1) is 12.5 Å². The molecule has 4 rings (SSSR count). The molecule has 1 amide bonds. The molecule has 1 aliphatic heterocycles. The lowest BCUT2D eigenvalue weighted by Gasteiger charge is -2.08. The van der Waals surface area contributed by atoms with Crippen molar-refractivity contribution in [2.75, 3.05) is 24.2 Å². The lowest BCUT2D eigenvalue weighted by molar-refractivity contribution is 0.0954. The van der Waals surface area contributed by atoms with E-state index in [0.717, 1.165) is 18.8 Å². The van der Waals surface area contributed by atoms with Gasteiger partial charge in [0.15, 0.2) is 5.65 Å². The van der Waals surface area contributed by atoms with Gasteiger partial charge in [-0.1, -0.05) is 0 Å². The highest BCUT2D eigenvalue weighted by atomic mass is 16.1. The van der Waals surface area contributed by atoms with Gasteiger partial charge in [0.1, 0.15) is 23.0 Å². The van der Waals surface area contributed by atoms with Crippen LogP contribution in [0.5, 0.6) is 0 Å². The number of carbonyl (C=O) groups excluding carboxylic acids is 1. The number of hydrogen-bond donors (Lipinski definition) is 3. The largest absolute Gasteiger partial charge is 0.373 e. The van der Waals surface area contributed by atoms with E-state index in [1.54, 1.807) is 17.9 Å². The van der Waals surface area contributed by atoms with Gasteiger partial charge in [-0.15, -0.1) is 0 Å².